The number of thiophene rings is 1. The molecule has 0 aliphatic heterocycles. The van der Waals surface area contributed by atoms with Crippen molar-refractivity contribution in [3.8, 4) is 5.75 Å². The molecule has 2 aromatic rings. The normalized spacial score (nSPS) is 11.6. The third kappa shape index (κ3) is 5.07. The van der Waals surface area contributed by atoms with Gasteiger partial charge >= 0.3 is 5.97 Å². The van der Waals surface area contributed by atoms with Gasteiger partial charge in [0.05, 0.1) is 19.6 Å². The molecule has 23 heavy (non-hydrogen) atoms. The molecule has 0 fully saturated rings. The molecular weight excluding hydrogens is 321 g/mol. The van der Waals surface area contributed by atoms with Gasteiger partial charge in [-0.2, -0.15) is 0 Å². The molecule has 5 nitrogen and oxygen atoms in total. The van der Waals surface area contributed by atoms with Crippen molar-refractivity contribution in [3.63, 3.8) is 0 Å². The number of rotatable bonds is 7. The lowest BCUT2D eigenvalue weighted by Gasteiger charge is -2.16. The van der Waals surface area contributed by atoms with Gasteiger partial charge in [-0.05, 0) is 23.6 Å². The molecule has 0 radical (unpaired) electrons. The first-order valence-corrected chi connectivity index (χ1v) is 7.75. The van der Waals surface area contributed by atoms with Crippen LogP contribution in [0.1, 0.15) is 17.3 Å². The fourth-order valence-electron chi connectivity index (χ4n) is 1.90. The van der Waals surface area contributed by atoms with Crippen molar-refractivity contribution < 1.29 is 23.5 Å². The highest BCUT2D eigenvalue weighted by molar-refractivity contribution is 7.10. The predicted molar refractivity (Wildman–Crippen MR) is 83.7 cm³/mol. The molecule has 0 spiro atoms. The largest absolute Gasteiger partial charge is 0.481 e. The van der Waals surface area contributed by atoms with Crippen LogP contribution in [0.25, 0.3) is 0 Å². The summed E-state index contributed by atoms with van der Waals surface area (Å²) in [6.45, 7) is -0.343. The Bertz CT molecular complexity index is 660. The zero-order valence-electron chi connectivity index (χ0n) is 12.5. The number of amides is 1. The van der Waals surface area contributed by atoms with Gasteiger partial charge in [-0.25, -0.2) is 4.39 Å². The monoisotopic (exact) mass is 337 g/mol. The van der Waals surface area contributed by atoms with Crippen molar-refractivity contribution in [2.45, 2.75) is 12.5 Å². The number of carbonyl (C=O) groups excluding carboxylic acids is 2. The van der Waals surface area contributed by atoms with Crippen LogP contribution in [0.2, 0.25) is 0 Å². The second kappa shape index (κ2) is 8.28. The number of esters is 1. The molecule has 0 bridgehead atoms. The van der Waals surface area contributed by atoms with Gasteiger partial charge in [0, 0.05) is 4.88 Å². The maximum Gasteiger partial charge on any atom is 0.307 e. The lowest BCUT2D eigenvalue weighted by atomic mass is 10.1. The Hall–Kier alpha value is -2.41. The highest BCUT2D eigenvalue weighted by Crippen LogP contribution is 2.22. The molecule has 0 aliphatic carbocycles. The number of benzene rings is 1. The Morgan fingerprint density at radius 2 is 2.04 bits per heavy atom. The van der Waals surface area contributed by atoms with E-state index in [1.165, 1.54) is 36.6 Å². The van der Waals surface area contributed by atoms with Gasteiger partial charge in [-0.15, -0.1) is 11.3 Å². The summed E-state index contributed by atoms with van der Waals surface area (Å²) in [5, 5.41) is 4.55. The van der Waals surface area contributed by atoms with E-state index < -0.39 is 23.7 Å². The number of para-hydroxylation sites is 1. The van der Waals surface area contributed by atoms with Gasteiger partial charge < -0.3 is 14.8 Å². The van der Waals surface area contributed by atoms with Gasteiger partial charge in [-0.1, -0.05) is 18.2 Å². The van der Waals surface area contributed by atoms with E-state index in [-0.39, 0.29) is 18.8 Å². The number of carbonyl (C=O) groups is 2. The molecule has 1 aromatic heterocycles. The summed E-state index contributed by atoms with van der Waals surface area (Å²) in [5.41, 5.74) is 0. The Morgan fingerprint density at radius 1 is 1.26 bits per heavy atom. The van der Waals surface area contributed by atoms with Gasteiger partial charge in [0.2, 0.25) is 0 Å². The van der Waals surface area contributed by atoms with Crippen LogP contribution < -0.4 is 10.1 Å². The number of hydrogen-bond acceptors (Lipinski definition) is 5. The molecule has 1 atom stereocenters. The molecule has 1 amide bonds. The van der Waals surface area contributed by atoms with E-state index in [4.69, 9.17) is 4.74 Å². The summed E-state index contributed by atoms with van der Waals surface area (Å²) in [5.74, 6) is -1.41. The molecule has 1 aromatic carbocycles. The average Bonchev–Trinajstić information content (AvgIpc) is 3.07. The lowest BCUT2D eigenvalue weighted by molar-refractivity contribution is -0.141. The van der Waals surface area contributed by atoms with Crippen LogP contribution >= 0.6 is 11.3 Å². The summed E-state index contributed by atoms with van der Waals surface area (Å²) in [4.78, 5) is 24.3. The minimum Gasteiger partial charge on any atom is -0.481 e. The minimum absolute atomic E-state index is 0.00305. The topological polar surface area (TPSA) is 64.6 Å². The molecule has 0 aliphatic rings. The predicted octanol–water partition coefficient (Wildman–Crippen LogP) is 2.69. The van der Waals surface area contributed by atoms with Crippen molar-refractivity contribution in [1.29, 1.82) is 0 Å². The first-order chi connectivity index (χ1) is 11.1. The Morgan fingerprint density at radius 3 is 2.70 bits per heavy atom. The van der Waals surface area contributed by atoms with Crippen LogP contribution in [0.4, 0.5) is 4.39 Å². The van der Waals surface area contributed by atoms with Crippen LogP contribution in [0.15, 0.2) is 41.8 Å². The van der Waals surface area contributed by atoms with E-state index in [0.29, 0.717) is 0 Å². The van der Waals surface area contributed by atoms with Crippen molar-refractivity contribution in [3.05, 3.63) is 52.5 Å². The molecule has 1 N–H and O–H groups in total. The SMILES string of the molecule is COC(=O)C[C@@H](NC(=O)COc1ccccc1F)c1cccs1. The van der Waals surface area contributed by atoms with Crippen LogP contribution in [0, 0.1) is 5.82 Å². The van der Waals surface area contributed by atoms with E-state index in [1.54, 1.807) is 6.07 Å². The number of methoxy groups -OCH3 is 1. The second-order valence-corrected chi connectivity index (χ2v) is 5.61. The fourth-order valence-corrected chi connectivity index (χ4v) is 2.68. The Balaban J connectivity index is 1.95. The van der Waals surface area contributed by atoms with E-state index in [0.717, 1.165) is 4.88 Å². The van der Waals surface area contributed by atoms with Crippen LogP contribution in [-0.2, 0) is 14.3 Å². The van der Waals surface area contributed by atoms with Gasteiger partial charge in [-0.3, -0.25) is 9.59 Å². The summed E-state index contributed by atoms with van der Waals surface area (Å²) in [6, 6.07) is 8.97. The molecule has 0 saturated carbocycles. The first kappa shape index (κ1) is 17.0. The maximum atomic E-state index is 13.4. The van der Waals surface area contributed by atoms with Crippen molar-refractivity contribution in [2.24, 2.45) is 0 Å². The fraction of sp³-hybridized carbons (Fsp3) is 0.250. The summed E-state index contributed by atoms with van der Waals surface area (Å²) >= 11 is 1.42. The standard InChI is InChI=1S/C16H16FNO4S/c1-21-16(20)9-12(14-7-4-8-23-14)18-15(19)10-22-13-6-3-2-5-11(13)17/h2-8,12H,9-10H2,1H3,(H,18,19)/t12-/m1/s1. The zero-order valence-corrected chi connectivity index (χ0v) is 13.3. The maximum absolute atomic E-state index is 13.4. The zero-order chi connectivity index (χ0) is 16.7. The van der Waals surface area contributed by atoms with Crippen LogP contribution in [0.5, 0.6) is 5.75 Å². The Kier molecular flexibility index (Phi) is 6.10. The third-order valence-corrected chi connectivity index (χ3v) is 4.00. The van der Waals surface area contributed by atoms with E-state index in [1.807, 2.05) is 17.5 Å². The van der Waals surface area contributed by atoms with Crippen molar-refractivity contribution >= 4 is 23.2 Å². The number of hydrogen-bond donors (Lipinski definition) is 1. The summed E-state index contributed by atoms with van der Waals surface area (Å²) in [6.07, 6.45) is 0.0163. The van der Waals surface area contributed by atoms with E-state index >= 15 is 0 Å². The quantitative estimate of drug-likeness (QED) is 0.789. The highest BCUT2D eigenvalue weighted by atomic mass is 32.1. The molecular formula is C16H16FNO4S. The van der Waals surface area contributed by atoms with E-state index in [9.17, 15) is 14.0 Å². The second-order valence-electron chi connectivity index (χ2n) is 4.63. The molecule has 0 saturated heterocycles. The van der Waals surface area contributed by atoms with Crippen LogP contribution in [0.3, 0.4) is 0 Å². The number of ether oxygens (including phenoxy) is 2. The van der Waals surface area contributed by atoms with Gasteiger partial charge in [0.15, 0.2) is 18.2 Å². The third-order valence-electron chi connectivity index (χ3n) is 3.02. The summed E-state index contributed by atoms with van der Waals surface area (Å²) < 4.78 is 23.2. The minimum atomic E-state index is -0.537. The molecule has 7 heteroatoms. The Labute approximate surface area is 137 Å². The van der Waals surface area contributed by atoms with Crippen molar-refractivity contribution in [1.82, 2.24) is 5.32 Å². The molecule has 0 unspecified atom stereocenters. The molecule has 2 rings (SSSR count). The van der Waals surface area contributed by atoms with Crippen LogP contribution in [-0.4, -0.2) is 25.6 Å². The van der Waals surface area contributed by atoms with Gasteiger partial charge in [0.1, 0.15) is 0 Å². The first-order valence-electron chi connectivity index (χ1n) is 6.87. The van der Waals surface area contributed by atoms with Gasteiger partial charge in [0.25, 0.3) is 5.91 Å². The lowest BCUT2D eigenvalue weighted by Crippen LogP contribution is -2.33. The highest BCUT2D eigenvalue weighted by Gasteiger charge is 2.20. The molecule has 122 valence electrons. The van der Waals surface area contributed by atoms with E-state index in [2.05, 4.69) is 10.1 Å². The smallest absolute Gasteiger partial charge is 0.307 e. The summed E-state index contributed by atoms with van der Waals surface area (Å²) in [7, 11) is 1.29. The average molecular weight is 337 g/mol. The molecule has 1 heterocycles. The number of nitrogens with one attached hydrogen (secondary N) is 1. The van der Waals surface area contributed by atoms with Crippen molar-refractivity contribution in [2.75, 3.05) is 13.7 Å². The number of halogens is 1.